The fraction of sp³-hybridized carbons (Fsp3) is 0.333. The summed E-state index contributed by atoms with van der Waals surface area (Å²) in [5.74, 6) is 0.177. The molecule has 7 heteroatoms. The van der Waals surface area contributed by atoms with Crippen LogP contribution in [0.15, 0.2) is 47.3 Å². The Morgan fingerprint density at radius 3 is 2.55 bits per heavy atom. The first-order valence-electron chi connectivity index (χ1n) is 10.5. The number of carbonyl (C=O) groups is 1. The van der Waals surface area contributed by atoms with Crippen molar-refractivity contribution in [1.82, 2.24) is 19.7 Å². The molecule has 4 aromatic rings. The van der Waals surface area contributed by atoms with Crippen LogP contribution in [0.1, 0.15) is 52.1 Å². The van der Waals surface area contributed by atoms with Crippen molar-refractivity contribution in [3.05, 3.63) is 64.3 Å². The lowest BCUT2D eigenvalue weighted by molar-refractivity contribution is -0.117. The van der Waals surface area contributed by atoms with Crippen LogP contribution >= 0.6 is 0 Å². The number of rotatable bonds is 4. The highest BCUT2D eigenvalue weighted by Crippen LogP contribution is 2.26. The van der Waals surface area contributed by atoms with Crippen LogP contribution in [0.4, 0.5) is 5.69 Å². The molecule has 0 aliphatic carbocycles. The Hall–Kier alpha value is -3.48. The number of anilines is 1. The molecule has 0 saturated heterocycles. The number of imidazole rings is 1. The van der Waals surface area contributed by atoms with E-state index in [1.54, 1.807) is 13.0 Å². The molecule has 2 N–H and O–H groups in total. The summed E-state index contributed by atoms with van der Waals surface area (Å²) in [4.78, 5) is 33.6. The van der Waals surface area contributed by atoms with Crippen molar-refractivity contribution in [3.8, 4) is 0 Å². The fourth-order valence-corrected chi connectivity index (χ4v) is 3.61. The van der Waals surface area contributed by atoms with Gasteiger partial charge in [0.2, 0.25) is 5.91 Å². The molecule has 0 bridgehead atoms. The summed E-state index contributed by atoms with van der Waals surface area (Å²) < 4.78 is 1.41. The summed E-state index contributed by atoms with van der Waals surface area (Å²) in [6.07, 6.45) is 0. The molecular formula is C24H27N5O2. The van der Waals surface area contributed by atoms with E-state index in [9.17, 15) is 9.59 Å². The maximum atomic E-state index is 13.1. The van der Waals surface area contributed by atoms with Gasteiger partial charge in [-0.15, -0.1) is 0 Å². The molecule has 1 atom stereocenters. The fourth-order valence-electron chi connectivity index (χ4n) is 3.61. The number of aryl methyl sites for hydroxylation is 1. The Morgan fingerprint density at radius 2 is 1.87 bits per heavy atom. The van der Waals surface area contributed by atoms with E-state index in [-0.39, 0.29) is 16.9 Å². The van der Waals surface area contributed by atoms with E-state index in [2.05, 4.69) is 41.2 Å². The van der Waals surface area contributed by atoms with Crippen molar-refractivity contribution in [3.63, 3.8) is 0 Å². The third-order valence-corrected chi connectivity index (χ3v) is 5.46. The number of fused-ring (bicyclic) bond motifs is 2. The number of benzene rings is 2. The third-order valence-electron chi connectivity index (χ3n) is 5.46. The van der Waals surface area contributed by atoms with Crippen molar-refractivity contribution in [2.75, 3.05) is 5.32 Å². The van der Waals surface area contributed by atoms with Crippen molar-refractivity contribution < 1.29 is 4.79 Å². The van der Waals surface area contributed by atoms with Gasteiger partial charge in [-0.25, -0.2) is 9.67 Å². The molecule has 1 amide bonds. The molecule has 2 heterocycles. The number of nitrogens with zero attached hydrogens (tertiary/aromatic N) is 3. The number of aromatic nitrogens is 4. The van der Waals surface area contributed by atoms with E-state index in [4.69, 9.17) is 0 Å². The van der Waals surface area contributed by atoms with Gasteiger partial charge in [-0.2, -0.15) is 5.10 Å². The van der Waals surface area contributed by atoms with E-state index in [0.29, 0.717) is 28.7 Å². The maximum Gasteiger partial charge on any atom is 0.274 e. The third kappa shape index (κ3) is 3.83. The van der Waals surface area contributed by atoms with Crippen LogP contribution in [-0.2, 0) is 16.8 Å². The summed E-state index contributed by atoms with van der Waals surface area (Å²) in [6.45, 7) is 10.4. The maximum absolute atomic E-state index is 13.1. The molecular weight excluding hydrogens is 390 g/mol. The van der Waals surface area contributed by atoms with Crippen LogP contribution in [0.3, 0.4) is 0 Å². The predicted octanol–water partition coefficient (Wildman–Crippen LogP) is 4.33. The number of hydrogen-bond acceptors (Lipinski definition) is 4. The normalized spacial score (nSPS) is 12.9. The van der Waals surface area contributed by atoms with Gasteiger partial charge in [0, 0.05) is 23.0 Å². The van der Waals surface area contributed by atoms with Crippen LogP contribution in [0.25, 0.3) is 21.8 Å². The molecule has 0 fully saturated rings. The Bertz CT molecular complexity index is 1340. The minimum atomic E-state index is -0.536. The Morgan fingerprint density at radius 1 is 1.16 bits per heavy atom. The van der Waals surface area contributed by atoms with E-state index in [1.165, 1.54) is 4.68 Å². The van der Waals surface area contributed by atoms with E-state index < -0.39 is 5.92 Å². The molecule has 2 aromatic heterocycles. The molecule has 0 spiro atoms. The highest BCUT2D eigenvalue weighted by Gasteiger charge is 2.22. The highest BCUT2D eigenvalue weighted by molar-refractivity contribution is 5.99. The summed E-state index contributed by atoms with van der Waals surface area (Å²) in [5.41, 5.74) is 2.77. The molecule has 2 aromatic carbocycles. The average Bonchev–Trinajstić information content (AvgIpc) is 3.18. The van der Waals surface area contributed by atoms with E-state index >= 15 is 0 Å². The average molecular weight is 418 g/mol. The van der Waals surface area contributed by atoms with Gasteiger partial charge < -0.3 is 10.3 Å². The van der Waals surface area contributed by atoms with Gasteiger partial charge in [-0.1, -0.05) is 39.0 Å². The van der Waals surface area contributed by atoms with Crippen LogP contribution < -0.4 is 10.9 Å². The number of nitrogens with one attached hydrogen (secondary N) is 2. The van der Waals surface area contributed by atoms with Crippen molar-refractivity contribution in [1.29, 1.82) is 0 Å². The number of carbonyl (C=O) groups excluding carboxylic acids is 1. The Balaban J connectivity index is 1.66. The van der Waals surface area contributed by atoms with Crippen LogP contribution in [0.2, 0.25) is 0 Å². The largest absolute Gasteiger partial charge is 0.341 e. The predicted molar refractivity (Wildman–Crippen MR) is 124 cm³/mol. The van der Waals surface area contributed by atoms with Gasteiger partial charge in [0.25, 0.3) is 5.56 Å². The zero-order valence-corrected chi connectivity index (χ0v) is 18.5. The first kappa shape index (κ1) is 20.8. The molecule has 4 rings (SSSR count). The molecule has 0 saturated carbocycles. The standard InChI is InChI=1S/C24H27N5O2/c1-6-29-22(31)17-10-8-7-9-16(17)20(28-29)14(2)21(30)25-15-11-12-18-19(13-15)27-23(26-18)24(3,4)5/h7-14H,6H2,1-5H3,(H,25,30)(H,26,27)/t14-/m1/s1. The molecule has 7 nitrogen and oxygen atoms in total. The van der Waals surface area contributed by atoms with Gasteiger partial charge in [-0.05, 0) is 38.1 Å². The Labute approximate surface area is 180 Å². The monoisotopic (exact) mass is 417 g/mol. The summed E-state index contributed by atoms with van der Waals surface area (Å²) in [5, 5.41) is 8.75. The summed E-state index contributed by atoms with van der Waals surface area (Å²) in [6, 6.07) is 12.9. The van der Waals surface area contributed by atoms with Gasteiger partial charge in [0.15, 0.2) is 0 Å². The zero-order valence-electron chi connectivity index (χ0n) is 18.5. The smallest absolute Gasteiger partial charge is 0.274 e. The minimum absolute atomic E-state index is 0.0912. The van der Waals surface area contributed by atoms with Crippen LogP contribution in [0, 0.1) is 0 Å². The molecule has 160 valence electrons. The number of amides is 1. The number of H-pyrrole nitrogens is 1. The second-order valence-corrected chi connectivity index (χ2v) is 8.83. The second-order valence-electron chi connectivity index (χ2n) is 8.83. The van der Waals surface area contributed by atoms with Gasteiger partial charge in [-0.3, -0.25) is 9.59 Å². The number of hydrogen-bond donors (Lipinski definition) is 2. The minimum Gasteiger partial charge on any atom is -0.341 e. The lowest BCUT2D eigenvalue weighted by Crippen LogP contribution is -2.27. The lowest BCUT2D eigenvalue weighted by Gasteiger charge is -2.15. The number of aromatic amines is 1. The zero-order chi connectivity index (χ0) is 22.3. The molecule has 0 radical (unpaired) electrons. The topological polar surface area (TPSA) is 92.7 Å². The molecule has 31 heavy (non-hydrogen) atoms. The Kier molecular flexibility index (Phi) is 5.13. The SMILES string of the molecule is CCn1nc([C@@H](C)C(=O)Nc2ccc3nc(C(C)(C)C)[nH]c3c2)c2ccccc2c1=O. The van der Waals surface area contributed by atoms with Gasteiger partial charge in [0.05, 0.1) is 28.0 Å². The van der Waals surface area contributed by atoms with Crippen LogP contribution in [0.5, 0.6) is 0 Å². The van der Waals surface area contributed by atoms with Gasteiger partial charge in [0.1, 0.15) is 5.82 Å². The molecule has 0 aliphatic rings. The van der Waals surface area contributed by atoms with E-state index in [1.807, 2.05) is 43.3 Å². The van der Waals surface area contributed by atoms with E-state index in [0.717, 1.165) is 16.9 Å². The molecule has 0 unspecified atom stereocenters. The van der Waals surface area contributed by atoms with Crippen LogP contribution in [-0.4, -0.2) is 25.7 Å². The molecule has 0 aliphatic heterocycles. The van der Waals surface area contributed by atoms with Gasteiger partial charge >= 0.3 is 0 Å². The summed E-state index contributed by atoms with van der Waals surface area (Å²) >= 11 is 0. The lowest BCUT2D eigenvalue weighted by atomic mass is 9.96. The quantitative estimate of drug-likeness (QED) is 0.517. The first-order chi connectivity index (χ1) is 14.7. The summed E-state index contributed by atoms with van der Waals surface area (Å²) in [7, 11) is 0. The van der Waals surface area contributed by atoms with Crippen molar-refractivity contribution >= 4 is 33.4 Å². The highest BCUT2D eigenvalue weighted by atomic mass is 16.2. The van der Waals surface area contributed by atoms with Crippen molar-refractivity contribution in [2.45, 2.75) is 52.5 Å². The van der Waals surface area contributed by atoms with Crippen molar-refractivity contribution in [2.24, 2.45) is 0 Å². The second kappa shape index (κ2) is 7.65. The first-order valence-corrected chi connectivity index (χ1v) is 10.5.